The summed E-state index contributed by atoms with van der Waals surface area (Å²) in [5, 5.41) is 7.52. The summed E-state index contributed by atoms with van der Waals surface area (Å²) in [6, 6.07) is 2.56. The largest absolute Gasteiger partial charge is 0.360 e. The van der Waals surface area contributed by atoms with E-state index in [1.54, 1.807) is 0 Å². The molecule has 0 saturated carbocycles. The molecule has 1 N–H and O–H groups in total. The highest BCUT2D eigenvalue weighted by Crippen LogP contribution is 2.22. The Balaban J connectivity index is 1.94. The molecule has 17 heavy (non-hydrogen) atoms. The number of piperazine rings is 1. The van der Waals surface area contributed by atoms with Gasteiger partial charge in [-0.3, -0.25) is 4.90 Å². The van der Waals surface area contributed by atoms with Crippen LogP contribution in [-0.4, -0.2) is 35.7 Å². The smallest absolute Gasteiger partial charge is 0.150 e. The van der Waals surface area contributed by atoms with Crippen LogP contribution >= 0.6 is 0 Å². The van der Waals surface area contributed by atoms with Crippen LogP contribution in [0.25, 0.3) is 0 Å². The van der Waals surface area contributed by atoms with Gasteiger partial charge >= 0.3 is 0 Å². The summed E-state index contributed by atoms with van der Waals surface area (Å²) in [4.78, 5) is 2.44. The lowest BCUT2D eigenvalue weighted by molar-refractivity contribution is 0.120. The summed E-state index contributed by atoms with van der Waals surface area (Å²) < 4.78 is 5.28. The van der Waals surface area contributed by atoms with E-state index in [0.717, 1.165) is 37.6 Å². The Bertz CT molecular complexity index is 367. The van der Waals surface area contributed by atoms with Crippen LogP contribution in [0, 0.1) is 12.3 Å². The molecule has 0 spiro atoms. The molecular weight excluding hydrogens is 214 g/mol. The van der Waals surface area contributed by atoms with Crippen molar-refractivity contribution in [2.75, 3.05) is 19.6 Å². The fraction of sp³-hybridized carbons (Fsp3) is 0.769. The highest BCUT2D eigenvalue weighted by atomic mass is 16.5. The summed E-state index contributed by atoms with van der Waals surface area (Å²) in [7, 11) is 0. The molecule has 0 aliphatic carbocycles. The number of aryl methyl sites for hydroxylation is 1. The zero-order chi connectivity index (χ0) is 12.5. The van der Waals surface area contributed by atoms with Gasteiger partial charge in [-0.25, -0.2) is 0 Å². The van der Waals surface area contributed by atoms with Gasteiger partial charge in [0.05, 0.1) is 12.2 Å². The van der Waals surface area contributed by atoms with Gasteiger partial charge in [-0.2, -0.15) is 0 Å². The van der Waals surface area contributed by atoms with Crippen LogP contribution in [-0.2, 0) is 6.54 Å². The maximum Gasteiger partial charge on any atom is 0.150 e. The van der Waals surface area contributed by atoms with E-state index in [2.05, 4.69) is 36.1 Å². The summed E-state index contributed by atoms with van der Waals surface area (Å²) in [5.74, 6) is 0.969. The molecule has 1 unspecified atom stereocenters. The zero-order valence-electron chi connectivity index (χ0n) is 11.3. The third-order valence-electron chi connectivity index (χ3n) is 3.36. The normalized spacial score (nSPS) is 22.9. The van der Waals surface area contributed by atoms with Gasteiger partial charge in [0.25, 0.3) is 0 Å². The molecule has 96 valence electrons. The number of hydrogen-bond acceptors (Lipinski definition) is 4. The van der Waals surface area contributed by atoms with Crippen LogP contribution in [0.4, 0.5) is 0 Å². The number of hydrogen-bond donors (Lipinski definition) is 1. The lowest BCUT2D eigenvalue weighted by atomic mass is 9.85. The van der Waals surface area contributed by atoms with Gasteiger partial charge in [0.15, 0.2) is 5.76 Å². The SMILES string of the molecule is Cc1cc(CN2CCNC(C(C)(C)C)C2)on1. The maximum atomic E-state index is 5.28. The number of rotatable bonds is 2. The molecule has 2 heterocycles. The molecule has 1 aliphatic rings. The van der Waals surface area contributed by atoms with E-state index < -0.39 is 0 Å². The van der Waals surface area contributed by atoms with E-state index in [1.165, 1.54) is 0 Å². The van der Waals surface area contributed by atoms with E-state index in [0.29, 0.717) is 11.5 Å². The van der Waals surface area contributed by atoms with E-state index in [9.17, 15) is 0 Å². The first-order chi connectivity index (χ1) is 7.95. The van der Waals surface area contributed by atoms with Crippen LogP contribution in [0.5, 0.6) is 0 Å². The van der Waals surface area contributed by atoms with E-state index >= 15 is 0 Å². The molecule has 1 aliphatic heterocycles. The van der Waals surface area contributed by atoms with Gasteiger partial charge in [0.2, 0.25) is 0 Å². The third kappa shape index (κ3) is 3.30. The van der Waals surface area contributed by atoms with Gasteiger partial charge in [0.1, 0.15) is 0 Å². The average molecular weight is 237 g/mol. The van der Waals surface area contributed by atoms with Gasteiger partial charge < -0.3 is 9.84 Å². The molecule has 0 aromatic carbocycles. The second-order valence-electron chi connectivity index (χ2n) is 6.04. The zero-order valence-corrected chi connectivity index (χ0v) is 11.3. The predicted molar refractivity (Wildman–Crippen MR) is 67.8 cm³/mol. The van der Waals surface area contributed by atoms with Crippen molar-refractivity contribution in [1.82, 2.24) is 15.4 Å². The Labute approximate surface area is 103 Å². The molecule has 2 rings (SSSR count). The van der Waals surface area contributed by atoms with Crippen molar-refractivity contribution >= 4 is 0 Å². The van der Waals surface area contributed by atoms with E-state index in [-0.39, 0.29) is 0 Å². The minimum Gasteiger partial charge on any atom is -0.360 e. The van der Waals surface area contributed by atoms with Gasteiger partial charge in [-0.15, -0.1) is 0 Å². The minimum absolute atomic E-state index is 0.302. The van der Waals surface area contributed by atoms with Crippen LogP contribution < -0.4 is 5.32 Å². The fourth-order valence-electron chi connectivity index (χ4n) is 2.25. The molecule has 4 heteroatoms. The monoisotopic (exact) mass is 237 g/mol. The van der Waals surface area contributed by atoms with Gasteiger partial charge in [-0.1, -0.05) is 25.9 Å². The van der Waals surface area contributed by atoms with Crippen molar-refractivity contribution < 1.29 is 4.52 Å². The molecule has 1 aromatic rings. The van der Waals surface area contributed by atoms with E-state index in [1.807, 2.05) is 13.0 Å². The van der Waals surface area contributed by atoms with Crippen LogP contribution in [0.1, 0.15) is 32.2 Å². The maximum absolute atomic E-state index is 5.28. The van der Waals surface area contributed by atoms with Gasteiger partial charge in [0, 0.05) is 31.7 Å². The predicted octanol–water partition coefficient (Wildman–Crippen LogP) is 1.80. The highest BCUT2D eigenvalue weighted by Gasteiger charge is 2.29. The molecule has 0 radical (unpaired) electrons. The summed E-state index contributed by atoms with van der Waals surface area (Å²) >= 11 is 0. The quantitative estimate of drug-likeness (QED) is 0.851. The summed E-state index contributed by atoms with van der Waals surface area (Å²) in [6.45, 7) is 12.9. The average Bonchev–Trinajstić information content (AvgIpc) is 2.63. The Morgan fingerprint density at radius 3 is 2.88 bits per heavy atom. The van der Waals surface area contributed by atoms with Crippen molar-refractivity contribution in [3.8, 4) is 0 Å². The Hall–Kier alpha value is -0.870. The first kappa shape index (κ1) is 12.6. The van der Waals surface area contributed by atoms with Crippen LogP contribution in [0.15, 0.2) is 10.6 Å². The second-order valence-corrected chi connectivity index (χ2v) is 6.04. The molecular formula is C13H23N3O. The highest BCUT2D eigenvalue weighted by molar-refractivity contribution is 5.03. The summed E-state index contributed by atoms with van der Waals surface area (Å²) in [6.07, 6.45) is 0. The molecule has 1 atom stereocenters. The Morgan fingerprint density at radius 2 is 2.29 bits per heavy atom. The first-order valence-electron chi connectivity index (χ1n) is 6.33. The lowest BCUT2D eigenvalue weighted by Gasteiger charge is -2.40. The second kappa shape index (κ2) is 4.78. The fourth-order valence-corrected chi connectivity index (χ4v) is 2.25. The first-order valence-corrected chi connectivity index (χ1v) is 6.33. The van der Waals surface area contributed by atoms with E-state index in [4.69, 9.17) is 4.52 Å². The molecule has 1 saturated heterocycles. The van der Waals surface area contributed by atoms with Crippen LogP contribution in [0.3, 0.4) is 0 Å². The third-order valence-corrected chi connectivity index (χ3v) is 3.36. The van der Waals surface area contributed by atoms with Crippen molar-refractivity contribution in [3.05, 3.63) is 17.5 Å². The Kier molecular flexibility index (Phi) is 3.54. The molecule has 4 nitrogen and oxygen atoms in total. The van der Waals surface area contributed by atoms with Gasteiger partial charge in [-0.05, 0) is 12.3 Å². The minimum atomic E-state index is 0.302. The topological polar surface area (TPSA) is 41.3 Å². The van der Waals surface area contributed by atoms with Crippen molar-refractivity contribution in [2.45, 2.75) is 40.3 Å². The Morgan fingerprint density at radius 1 is 1.53 bits per heavy atom. The number of nitrogens with one attached hydrogen (secondary N) is 1. The molecule has 0 amide bonds. The standard InChI is InChI=1S/C13H23N3O/c1-10-7-11(17-15-10)8-16-6-5-14-12(9-16)13(2,3)4/h7,12,14H,5-6,8-9H2,1-4H3. The van der Waals surface area contributed by atoms with Crippen molar-refractivity contribution in [1.29, 1.82) is 0 Å². The van der Waals surface area contributed by atoms with Crippen molar-refractivity contribution in [2.24, 2.45) is 5.41 Å². The number of nitrogens with zero attached hydrogens (tertiary/aromatic N) is 2. The molecule has 1 aromatic heterocycles. The van der Waals surface area contributed by atoms with Crippen LogP contribution in [0.2, 0.25) is 0 Å². The lowest BCUT2D eigenvalue weighted by Crippen LogP contribution is -2.55. The van der Waals surface area contributed by atoms with Crippen molar-refractivity contribution in [3.63, 3.8) is 0 Å². The molecule has 1 fully saturated rings. The summed E-state index contributed by atoms with van der Waals surface area (Å²) in [5.41, 5.74) is 1.26. The number of aromatic nitrogens is 1. The molecule has 0 bridgehead atoms.